The summed E-state index contributed by atoms with van der Waals surface area (Å²) in [6.07, 6.45) is 5.58. The molecule has 21 heavy (non-hydrogen) atoms. The van der Waals surface area contributed by atoms with Crippen LogP contribution in [0.5, 0.6) is 0 Å². The van der Waals surface area contributed by atoms with Crippen LogP contribution in [0.1, 0.15) is 44.0 Å². The van der Waals surface area contributed by atoms with E-state index in [4.69, 9.17) is 22.5 Å². The number of aromatic nitrogens is 2. The highest BCUT2D eigenvalue weighted by molar-refractivity contribution is 6.31. The lowest BCUT2D eigenvalue weighted by Crippen LogP contribution is -2.40. The SMILES string of the molecule is CCc1nn(C)c(CN(CC(N)=NO)C2CCCC2)c1Cl. The molecule has 1 aromatic heterocycles. The third-order valence-corrected chi connectivity index (χ3v) is 4.63. The normalized spacial score (nSPS) is 17.0. The largest absolute Gasteiger partial charge is 0.409 e. The van der Waals surface area contributed by atoms with E-state index in [9.17, 15) is 0 Å². The molecule has 0 aromatic carbocycles. The van der Waals surface area contributed by atoms with Crippen molar-refractivity contribution in [3.05, 3.63) is 16.4 Å². The molecule has 118 valence electrons. The molecule has 1 aliphatic rings. The zero-order valence-electron chi connectivity index (χ0n) is 12.7. The van der Waals surface area contributed by atoms with E-state index in [1.165, 1.54) is 12.8 Å². The van der Waals surface area contributed by atoms with E-state index >= 15 is 0 Å². The molecule has 0 unspecified atom stereocenters. The van der Waals surface area contributed by atoms with Gasteiger partial charge in [0.05, 0.1) is 23.0 Å². The molecule has 0 spiro atoms. The number of nitrogens with two attached hydrogens (primary N) is 1. The van der Waals surface area contributed by atoms with Crippen LogP contribution >= 0.6 is 11.6 Å². The third kappa shape index (κ3) is 3.68. The monoisotopic (exact) mass is 313 g/mol. The van der Waals surface area contributed by atoms with Gasteiger partial charge in [0.15, 0.2) is 5.84 Å². The van der Waals surface area contributed by atoms with Gasteiger partial charge in [0.1, 0.15) is 0 Å². The first kappa shape index (κ1) is 16.1. The van der Waals surface area contributed by atoms with Crippen LogP contribution in [0.15, 0.2) is 5.16 Å². The van der Waals surface area contributed by atoms with Crippen LogP contribution in [0.3, 0.4) is 0 Å². The molecule has 0 aliphatic heterocycles. The first-order valence-electron chi connectivity index (χ1n) is 7.47. The van der Waals surface area contributed by atoms with Crippen molar-refractivity contribution in [2.75, 3.05) is 6.54 Å². The minimum absolute atomic E-state index is 0.232. The summed E-state index contributed by atoms with van der Waals surface area (Å²) in [4.78, 5) is 2.24. The first-order valence-corrected chi connectivity index (χ1v) is 7.85. The summed E-state index contributed by atoms with van der Waals surface area (Å²) in [6.45, 7) is 3.16. The van der Waals surface area contributed by atoms with Crippen molar-refractivity contribution in [3.63, 3.8) is 0 Å². The van der Waals surface area contributed by atoms with Crippen molar-refractivity contribution < 1.29 is 5.21 Å². The van der Waals surface area contributed by atoms with Gasteiger partial charge in [-0.15, -0.1) is 0 Å². The predicted molar refractivity (Wildman–Crippen MR) is 83.7 cm³/mol. The van der Waals surface area contributed by atoms with E-state index in [1.807, 2.05) is 18.7 Å². The third-order valence-electron chi connectivity index (χ3n) is 4.19. The molecule has 1 aliphatic carbocycles. The van der Waals surface area contributed by atoms with Gasteiger partial charge in [0.25, 0.3) is 0 Å². The Hall–Kier alpha value is -1.27. The molecule has 0 saturated heterocycles. The lowest BCUT2D eigenvalue weighted by Gasteiger charge is -2.28. The fourth-order valence-electron chi connectivity index (χ4n) is 3.01. The maximum absolute atomic E-state index is 8.84. The Bertz CT molecular complexity index is 508. The minimum Gasteiger partial charge on any atom is -0.409 e. The molecule has 1 aromatic rings. The van der Waals surface area contributed by atoms with Gasteiger partial charge in [-0.2, -0.15) is 5.10 Å². The van der Waals surface area contributed by atoms with Gasteiger partial charge in [-0.3, -0.25) is 9.58 Å². The number of hydrogen-bond donors (Lipinski definition) is 2. The van der Waals surface area contributed by atoms with Gasteiger partial charge in [-0.05, 0) is 19.3 Å². The van der Waals surface area contributed by atoms with Gasteiger partial charge in [-0.1, -0.05) is 36.5 Å². The van der Waals surface area contributed by atoms with Crippen molar-refractivity contribution in [1.29, 1.82) is 0 Å². The summed E-state index contributed by atoms with van der Waals surface area (Å²) in [5.74, 6) is 0.232. The summed E-state index contributed by atoms with van der Waals surface area (Å²) in [5.41, 5.74) is 7.62. The zero-order valence-corrected chi connectivity index (χ0v) is 13.5. The second-order valence-corrected chi connectivity index (χ2v) is 6.00. The van der Waals surface area contributed by atoms with Gasteiger partial charge >= 0.3 is 0 Å². The van der Waals surface area contributed by atoms with Gasteiger partial charge in [0, 0.05) is 19.6 Å². The Kier molecular flexibility index (Phi) is 5.47. The van der Waals surface area contributed by atoms with Crippen LogP contribution in [0, 0.1) is 0 Å². The highest BCUT2D eigenvalue weighted by Gasteiger charge is 2.26. The molecule has 0 amide bonds. The van der Waals surface area contributed by atoms with Crippen molar-refractivity contribution in [1.82, 2.24) is 14.7 Å². The summed E-state index contributed by atoms with van der Waals surface area (Å²) >= 11 is 6.43. The molecule has 1 heterocycles. The average molecular weight is 314 g/mol. The molecule has 0 atom stereocenters. The van der Waals surface area contributed by atoms with Crippen molar-refractivity contribution in [3.8, 4) is 0 Å². The summed E-state index contributed by atoms with van der Waals surface area (Å²) < 4.78 is 1.84. The molecule has 6 nitrogen and oxygen atoms in total. The lowest BCUT2D eigenvalue weighted by molar-refractivity contribution is 0.209. The van der Waals surface area contributed by atoms with Crippen LogP contribution in [0.2, 0.25) is 5.02 Å². The Morgan fingerprint density at radius 3 is 2.71 bits per heavy atom. The zero-order chi connectivity index (χ0) is 15.4. The van der Waals surface area contributed by atoms with Gasteiger partial charge < -0.3 is 10.9 Å². The van der Waals surface area contributed by atoms with Crippen LogP contribution in [-0.2, 0) is 20.0 Å². The number of oxime groups is 1. The molecule has 2 rings (SSSR count). The number of hydrogen-bond acceptors (Lipinski definition) is 4. The molecule has 1 fully saturated rings. The Morgan fingerprint density at radius 1 is 1.52 bits per heavy atom. The Balaban J connectivity index is 2.19. The summed E-state index contributed by atoms with van der Waals surface area (Å²) in [6, 6.07) is 0.460. The van der Waals surface area contributed by atoms with Crippen LogP contribution < -0.4 is 5.73 Å². The van der Waals surface area contributed by atoms with E-state index in [0.29, 0.717) is 19.1 Å². The van der Waals surface area contributed by atoms with E-state index < -0.39 is 0 Å². The Morgan fingerprint density at radius 2 is 2.19 bits per heavy atom. The standard InChI is InChI=1S/C14H24ClN5O/c1-3-11-14(15)12(19(2)17-11)8-20(9-13(16)18-21)10-6-4-5-7-10/h10,21H,3-9H2,1-2H3,(H2,16,18). The van der Waals surface area contributed by atoms with Crippen LogP contribution in [0.25, 0.3) is 0 Å². The maximum atomic E-state index is 8.84. The highest BCUT2D eigenvalue weighted by Crippen LogP contribution is 2.27. The molecule has 1 saturated carbocycles. The molecular weight excluding hydrogens is 290 g/mol. The number of nitrogens with zero attached hydrogens (tertiary/aromatic N) is 4. The van der Waals surface area contributed by atoms with E-state index in [2.05, 4.69) is 15.2 Å². The number of aryl methyl sites for hydroxylation is 2. The predicted octanol–water partition coefficient (Wildman–Crippen LogP) is 2.13. The van der Waals surface area contributed by atoms with E-state index in [1.54, 1.807) is 0 Å². The van der Waals surface area contributed by atoms with Gasteiger partial charge in [0.2, 0.25) is 0 Å². The van der Waals surface area contributed by atoms with Gasteiger partial charge in [-0.25, -0.2) is 0 Å². The fraction of sp³-hybridized carbons (Fsp3) is 0.714. The maximum Gasteiger partial charge on any atom is 0.153 e. The number of rotatable bonds is 6. The number of amidine groups is 1. The van der Waals surface area contributed by atoms with Crippen molar-refractivity contribution in [2.45, 2.75) is 51.6 Å². The molecule has 0 radical (unpaired) electrons. The second-order valence-electron chi connectivity index (χ2n) is 5.62. The smallest absolute Gasteiger partial charge is 0.153 e. The molecule has 7 heteroatoms. The molecule has 3 N–H and O–H groups in total. The lowest BCUT2D eigenvalue weighted by atomic mass is 10.2. The average Bonchev–Trinajstić information content (AvgIpc) is 3.09. The molecular formula is C14H24ClN5O. The summed E-state index contributed by atoms with van der Waals surface area (Å²) in [5, 5.41) is 17.1. The topological polar surface area (TPSA) is 79.7 Å². The Labute approximate surface area is 130 Å². The quantitative estimate of drug-likeness (QED) is 0.365. The van der Waals surface area contributed by atoms with E-state index in [0.717, 1.165) is 35.7 Å². The molecule has 0 bridgehead atoms. The van der Waals surface area contributed by atoms with Crippen LogP contribution in [0.4, 0.5) is 0 Å². The second kappa shape index (κ2) is 7.13. The highest BCUT2D eigenvalue weighted by atomic mass is 35.5. The van der Waals surface area contributed by atoms with E-state index in [-0.39, 0.29) is 5.84 Å². The summed E-state index contributed by atoms with van der Waals surface area (Å²) in [7, 11) is 1.91. The van der Waals surface area contributed by atoms with Crippen LogP contribution in [-0.4, -0.2) is 38.3 Å². The number of halogens is 1. The fourth-order valence-corrected chi connectivity index (χ4v) is 3.36. The van der Waals surface area contributed by atoms with Crippen molar-refractivity contribution in [2.24, 2.45) is 17.9 Å². The first-order chi connectivity index (χ1) is 10.1. The minimum atomic E-state index is 0.232. The van der Waals surface area contributed by atoms with Crippen molar-refractivity contribution >= 4 is 17.4 Å².